The van der Waals surface area contributed by atoms with Gasteiger partial charge >= 0.3 is 0 Å². The van der Waals surface area contributed by atoms with Crippen molar-refractivity contribution in [1.82, 2.24) is 20.4 Å². The Morgan fingerprint density at radius 1 is 1.43 bits per heavy atom. The highest BCUT2D eigenvalue weighted by Crippen LogP contribution is 2.20. The smallest absolute Gasteiger partial charge is 0.126 e. The quantitative estimate of drug-likeness (QED) is 0.726. The highest BCUT2D eigenvalue weighted by molar-refractivity contribution is 5.28. The number of hydrogen-bond acceptors (Lipinski definition) is 4. The number of nitrogens with one attached hydrogen (secondary N) is 1. The molecule has 1 unspecified atom stereocenters. The zero-order valence-corrected chi connectivity index (χ0v) is 7.68. The van der Waals surface area contributed by atoms with E-state index in [-0.39, 0.29) is 0 Å². The van der Waals surface area contributed by atoms with Crippen molar-refractivity contribution < 1.29 is 5.11 Å². The number of aromatic nitrogens is 4. The van der Waals surface area contributed by atoms with Gasteiger partial charge in [-0.1, -0.05) is 0 Å². The number of nitrogens with zero attached hydrogens (tertiary/aromatic N) is 3. The zero-order valence-electron chi connectivity index (χ0n) is 7.68. The van der Waals surface area contributed by atoms with Crippen LogP contribution in [0, 0.1) is 6.92 Å². The van der Waals surface area contributed by atoms with Crippen molar-refractivity contribution in [1.29, 1.82) is 0 Å². The lowest BCUT2D eigenvalue weighted by Gasteiger charge is -2.09. The molecule has 0 saturated heterocycles. The Morgan fingerprint density at radius 2 is 2.29 bits per heavy atom. The summed E-state index contributed by atoms with van der Waals surface area (Å²) in [5.41, 5.74) is 2.23. The Balaban J connectivity index is 2.37. The van der Waals surface area contributed by atoms with Gasteiger partial charge in [-0.3, -0.25) is 4.98 Å². The molecule has 2 aromatic heterocycles. The fourth-order valence-electron chi connectivity index (χ4n) is 1.26. The minimum Gasteiger partial charge on any atom is -0.382 e. The summed E-state index contributed by atoms with van der Waals surface area (Å²) in [4.78, 5) is 3.96. The number of aliphatic hydroxyl groups is 1. The Morgan fingerprint density at radius 3 is 2.93 bits per heavy atom. The second kappa shape index (κ2) is 3.55. The third-order valence-corrected chi connectivity index (χ3v) is 2.09. The Hall–Kier alpha value is -1.75. The van der Waals surface area contributed by atoms with E-state index in [1.165, 1.54) is 6.20 Å². The van der Waals surface area contributed by atoms with Gasteiger partial charge in [0.05, 0.1) is 6.20 Å². The fourth-order valence-corrected chi connectivity index (χ4v) is 1.26. The normalized spacial score (nSPS) is 12.7. The lowest BCUT2D eigenvalue weighted by molar-refractivity contribution is 0.214. The van der Waals surface area contributed by atoms with E-state index >= 15 is 0 Å². The summed E-state index contributed by atoms with van der Waals surface area (Å²) < 4.78 is 0. The van der Waals surface area contributed by atoms with Gasteiger partial charge < -0.3 is 5.11 Å². The van der Waals surface area contributed by atoms with Crippen LogP contribution in [-0.2, 0) is 0 Å². The molecule has 14 heavy (non-hydrogen) atoms. The van der Waals surface area contributed by atoms with Crippen LogP contribution in [0.4, 0.5) is 0 Å². The highest BCUT2D eigenvalue weighted by atomic mass is 16.3. The molecule has 2 aromatic rings. The lowest BCUT2D eigenvalue weighted by Crippen LogP contribution is -2.02. The van der Waals surface area contributed by atoms with E-state index in [2.05, 4.69) is 20.4 Å². The van der Waals surface area contributed by atoms with E-state index in [0.29, 0.717) is 5.69 Å². The van der Waals surface area contributed by atoms with Gasteiger partial charge in [0, 0.05) is 18.0 Å². The maximum Gasteiger partial charge on any atom is 0.126 e. The Bertz CT molecular complexity index is 413. The largest absolute Gasteiger partial charge is 0.382 e. The minimum absolute atomic E-state index is 0.501. The summed E-state index contributed by atoms with van der Waals surface area (Å²) in [6, 6.07) is 1.85. The van der Waals surface area contributed by atoms with Crippen molar-refractivity contribution in [3.63, 3.8) is 0 Å². The topological polar surface area (TPSA) is 74.7 Å². The summed E-state index contributed by atoms with van der Waals surface area (Å²) in [6.07, 6.45) is 4.06. The molecule has 0 saturated carbocycles. The van der Waals surface area contributed by atoms with Crippen molar-refractivity contribution in [3.05, 3.63) is 41.5 Å². The van der Waals surface area contributed by atoms with Gasteiger partial charge in [0.25, 0.3) is 0 Å². The standard InChI is InChI=1S/C9H10N4O/c1-6-2-3-10-4-7(6)9(14)8-5-11-13-12-8/h2-5,9,14H,1H3,(H,11,12,13). The maximum atomic E-state index is 9.90. The molecular weight excluding hydrogens is 180 g/mol. The molecule has 0 radical (unpaired) electrons. The molecule has 0 fully saturated rings. The molecule has 72 valence electrons. The van der Waals surface area contributed by atoms with Crippen LogP contribution in [0.25, 0.3) is 0 Å². The Kier molecular flexibility index (Phi) is 2.24. The van der Waals surface area contributed by atoms with Crippen molar-refractivity contribution in [3.8, 4) is 0 Å². The second-order valence-corrected chi connectivity index (χ2v) is 3.03. The van der Waals surface area contributed by atoms with Gasteiger partial charge in [-0.15, -0.1) is 0 Å². The van der Waals surface area contributed by atoms with Crippen LogP contribution in [0.15, 0.2) is 24.7 Å². The zero-order chi connectivity index (χ0) is 9.97. The van der Waals surface area contributed by atoms with Crippen molar-refractivity contribution in [2.75, 3.05) is 0 Å². The molecule has 5 heteroatoms. The molecule has 0 bridgehead atoms. The van der Waals surface area contributed by atoms with E-state index in [0.717, 1.165) is 11.1 Å². The van der Waals surface area contributed by atoms with Gasteiger partial charge in [0.15, 0.2) is 0 Å². The van der Waals surface area contributed by atoms with E-state index < -0.39 is 6.10 Å². The maximum absolute atomic E-state index is 9.90. The summed E-state index contributed by atoms with van der Waals surface area (Å²) in [7, 11) is 0. The SMILES string of the molecule is Cc1ccncc1C(O)c1cn[nH]n1. The van der Waals surface area contributed by atoms with Gasteiger partial charge in [0.1, 0.15) is 11.8 Å². The summed E-state index contributed by atoms with van der Waals surface area (Å²) in [5.74, 6) is 0. The molecule has 0 spiro atoms. The third-order valence-electron chi connectivity index (χ3n) is 2.09. The number of aryl methyl sites for hydroxylation is 1. The van der Waals surface area contributed by atoms with Crippen molar-refractivity contribution in [2.24, 2.45) is 0 Å². The third kappa shape index (κ3) is 1.49. The molecule has 0 aliphatic rings. The van der Waals surface area contributed by atoms with Crippen molar-refractivity contribution >= 4 is 0 Å². The second-order valence-electron chi connectivity index (χ2n) is 3.03. The average Bonchev–Trinajstić information content (AvgIpc) is 2.70. The van der Waals surface area contributed by atoms with Crippen LogP contribution in [0.5, 0.6) is 0 Å². The summed E-state index contributed by atoms with van der Waals surface area (Å²) in [6.45, 7) is 1.92. The molecule has 0 aromatic carbocycles. The molecule has 2 rings (SSSR count). The first kappa shape index (κ1) is 8.83. The number of H-pyrrole nitrogens is 1. The molecule has 0 aliphatic heterocycles. The molecule has 2 N–H and O–H groups in total. The monoisotopic (exact) mass is 190 g/mol. The Labute approximate surface area is 80.8 Å². The first-order valence-electron chi connectivity index (χ1n) is 4.23. The predicted molar refractivity (Wildman–Crippen MR) is 49.4 cm³/mol. The number of aliphatic hydroxyl groups excluding tert-OH is 1. The predicted octanol–water partition coefficient (Wildman–Crippen LogP) is 0.590. The molecule has 2 heterocycles. The number of pyridine rings is 1. The first-order chi connectivity index (χ1) is 6.79. The van der Waals surface area contributed by atoms with E-state index in [9.17, 15) is 5.11 Å². The van der Waals surface area contributed by atoms with Crippen LogP contribution in [0.1, 0.15) is 22.9 Å². The number of hydrogen-bond donors (Lipinski definition) is 2. The molecule has 5 nitrogen and oxygen atoms in total. The first-order valence-corrected chi connectivity index (χ1v) is 4.23. The van der Waals surface area contributed by atoms with Gasteiger partial charge in [-0.05, 0) is 18.6 Å². The van der Waals surface area contributed by atoms with Crippen LogP contribution in [0.3, 0.4) is 0 Å². The fraction of sp³-hybridized carbons (Fsp3) is 0.222. The van der Waals surface area contributed by atoms with Gasteiger partial charge in [0.2, 0.25) is 0 Å². The van der Waals surface area contributed by atoms with Gasteiger partial charge in [-0.2, -0.15) is 15.4 Å². The van der Waals surface area contributed by atoms with Gasteiger partial charge in [-0.25, -0.2) is 0 Å². The summed E-state index contributed by atoms with van der Waals surface area (Å²) in [5, 5.41) is 19.8. The molecule has 1 atom stereocenters. The van der Waals surface area contributed by atoms with Crippen LogP contribution in [-0.4, -0.2) is 25.5 Å². The van der Waals surface area contributed by atoms with Crippen LogP contribution in [0.2, 0.25) is 0 Å². The average molecular weight is 190 g/mol. The number of rotatable bonds is 2. The van der Waals surface area contributed by atoms with Crippen LogP contribution >= 0.6 is 0 Å². The lowest BCUT2D eigenvalue weighted by atomic mass is 10.0. The van der Waals surface area contributed by atoms with Crippen molar-refractivity contribution in [2.45, 2.75) is 13.0 Å². The number of aromatic amines is 1. The highest BCUT2D eigenvalue weighted by Gasteiger charge is 2.14. The van der Waals surface area contributed by atoms with E-state index in [1.54, 1.807) is 12.4 Å². The van der Waals surface area contributed by atoms with Crippen LogP contribution < -0.4 is 0 Å². The summed E-state index contributed by atoms with van der Waals surface area (Å²) >= 11 is 0. The molecule has 0 aliphatic carbocycles. The minimum atomic E-state index is -0.762. The van der Waals surface area contributed by atoms with E-state index in [1.807, 2.05) is 13.0 Å². The molecular formula is C9H10N4O. The molecule has 0 amide bonds. The van der Waals surface area contributed by atoms with E-state index in [4.69, 9.17) is 0 Å².